The molecule has 0 aliphatic carbocycles. The summed E-state index contributed by atoms with van der Waals surface area (Å²) in [5.74, 6) is -0.738. The van der Waals surface area contributed by atoms with E-state index in [9.17, 15) is 13.5 Å². The van der Waals surface area contributed by atoms with Crippen molar-refractivity contribution >= 4 is 10.0 Å². The Labute approximate surface area is 210 Å². The molecule has 0 atom stereocenters. The summed E-state index contributed by atoms with van der Waals surface area (Å²) >= 11 is 0. The molecule has 0 bridgehead atoms. The predicted octanol–water partition coefficient (Wildman–Crippen LogP) is 3.55. The van der Waals surface area contributed by atoms with Crippen molar-refractivity contribution in [1.82, 2.24) is 14.7 Å². The molecule has 1 aromatic heterocycles. The monoisotopic (exact) mass is 508 g/mol. The van der Waals surface area contributed by atoms with E-state index in [0.717, 1.165) is 28.5 Å². The first-order valence-corrected chi connectivity index (χ1v) is 13.1. The number of hydrogen-bond donors (Lipinski definition) is 2. The zero-order valence-corrected chi connectivity index (χ0v) is 20.8. The number of nitrogens with zero attached hydrogens (tertiary/aromatic N) is 3. The van der Waals surface area contributed by atoms with Gasteiger partial charge in [0.15, 0.2) is 0 Å². The Kier molecular flexibility index (Phi) is 7.95. The molecule has 1 heterocycles. The molecule has 4 aromatic rings. The maximum atomic E-state index is 15.1. The fourth-order valence-corrected chi connectivity index (χ4v) is 4.71. The van der Waals surface area contributed by atoms with Gasteiger partial charge in [0.25, 0.3) is 0 Å². The molecule has 0 amide bonds. The van der Waals surface area contributed by atoms with Gasteiger partial charge >= 0.3 is 0 Å². The zero-order chi connectivity index (χ0) is 25.7. The van der Waals surface area contributed by atoms with Crippen LogP contribution in [-0.4, -0.2) is 41.4 Å². The topological polar surface area (TPSA) is 101 Å². The maximum absolute atomic E-state index is 15.1. The van der Waals surface area contributed by atoms with Crippen LogP contribution in [0.5, 0.6) is 0 Å². The number of rotatable bonds is 10. The lowest BCUT2D eigenvalue weighted by molar-refractivity contribution is 0.182. The zero-order valence-electron chi connectivity index (χ0n) is 20.0. The molecule has 4 rings (SSSR count). The van der Waals surface area contributed by atoms with Crippen molar-refractivity contribution in [3.63, 3.8) is 0 Å². The van der Waals surface area contributed by atoms with Crippen LogP contribution in [0.15, 0.2) is 83.8 Å². The summed E-state index contributed by atoms with van der Waals surface area (Å²) in [4.78, 5) is 1.77. The minimum Gasteiger partial charge on any atom is -0.395 e. The van der Waals surface area contributed by atoms with Gasteiger partial charge < -0.3 is 5.11 Å². The lowest BCUT2D eigenvalue weighted by Crippen LogP contribution is -2.26. The normalized spacial score (nSPS) is 11.8. The highest BCUT2D eigenvalue weighted by Gasteiger charge is 2.18. The Balaban J connectivity index is 1.71. The number of hydrogen-bond acceptors (Lipinski definition) is 5. The lowest BCUT2D eigenvalue weighted by Gasteiger charge is -2.20. The Morgan fingerprint density at radius 3 is 2.39 bits per heavy atom. The minimum atomic E-state index is -4.03. The van der Waals surface area contributed by atoms with Gasteiger partial charge in [-0.3, -0.25) is 4.90 Å². The molecule has 0 saturated heterocycles. The number of aromatic nitrogens is 2. The van der Waals surface area contributed by atoms with E-state index in [-0.39, 0.29) is 17.2 Å². The smallest absolute Gasteiger partial charge is 0.238 e. The van der Waals surface area contributed by atoms with E-state index in [2.05, 4.69) is 16.1 Å². The molecule has 0 aliphatic rings. The van der Waals surface area contributed by atoms with Crippen molar-refractivity contribution in [3.05, 3.63) is 113 Å². The summed E-state index contributed by atoms with van der Waals surface area (Å²) in [6, 6.07) is 23.5. The fourth-order valence-electron chi connectivity index (χ4n) is 4.18. The summed E-state index contributed by atoms with van der Waals surface area (Å²) < 4.78 is 40.0. The standard InChI is InChI=1S/C27H29FN4O3S/c1-20-6-5-9-22(14-20)15-24-16-23(19-31(12-13-33)18-21-7-3-2-4-8-21)30-32(24)27-11-10-25(17-26(27)28)36(29,34)35/h2-11,14,16-17,33H,12-13,15,18-19H2,1H3,(H2,29,34,35). The first-order valence-electron chi connectivity index (χ1n) is 11.6. The van der Waals surface area contributed by atoms with Crippen molar-refractivity contribution in [1.29, 1.82) is 0 Å². The lowest BCUT2D eigenvalue weighted by atomic mass is 10.1. The van der Waals surface area contributed by atoms with Crippen LogP contribution in [0.25, 0.3) is 5.69 Å². The second kappa shape index (κ2) is 11.1. The van der Waals surface area contributed by atoms with Gasteiger partial charge in [0.05, 0.1) is 17.2 Å². The molecule has 7 nitrogen and oxygen atoms in total. The molecule has 188 valence electrons. The second-order valence-electron chi connectivity index (χ2n) is 8.78. The van der Waals surface area contributed by atoms with Crippen LogP contribution in [-0.2, 0) is 29.5 Å². The van der Waals surface area contributed by atoms with Gasteiger partial charge in [0, 0.05) is 31.7 Å². The van der Waals surface area contributed by atoms with Crippen LogP contribution in [0, 0.1) is 12.7 Å². The van der Waals surface area contributed by atoms with E-state index in [1.807, 2.05) is 61.5 Å². The van der Waals surface area contributed by atoms with Crippen molar-refractivity contribution in [3.8, 4) is 5.69 Å². The second-order valence-corrected chi connectivity index (χ2v) is 10.3. The van der Waals surface area contributed by atoms with Crippen molar-refractivity contribution in [2.24, 2.45) is 5.14 Å². The average Bonchev–Trinajstić information content (AvgIpc) is 3.20. The van der Waals surface area contributed by atoms with Gasteiger partial charge in [0.2, 0.25) is 10.0 Å². The summed E-state index contributed by atoms with van der Waals surface area (Å²) in [5, 5.41) is 19.5. The Bertz CT molecular complexity index is 1440. The van der Waals surface area contributed by atoms with Crippen molar-refractivity contribution in [2.45, 2.75) is 31.3 Å². The van der Waals surface area contributed by atoms with E-state index < -0.39 is 15.8 Å². The molecule has 9 heteroatoms. The number of primary sulfonamides is 1. The molecule has 36 heavy (non-hydrogen) atoms. The maximum Gasteiger partial charge on any atom is 0.238 e. The third-order valence-electron chi connectivity index (χ3n) is 5.83. The highest BCUT2D eigenvalue weighted by molar-refractivity contribution is 7.89. The van der Waals surface area contributed by atoms with Gasteiger partial charge in [-0.25, -0.2) is 22.6 Å². The SMILES string of the molecule is Cc1cccc(Cc2cc(CN(CCO)Cc3ccccc3)nn2-c2ccc(S(N)(=O)=O)cc2F)c1. The van der Waals surface area contributed by atoms with Gasteiger partial charge in [-0.05, 0) is 42.3 Å². The largest absolute Gasteiger partial charge is 0.395 e. The number of benzene rings is 3. The third kappa shape index (κ3) is 6.44. The number of aliphatic hydroxyl groups is 1. The molecule has 0 fully saturated rings. The van der Waals surface area contributed by atoms with Crippen molar-refractivity contribution in [2.75, 3.05) is 13.2 Å². The Hall–Kier alpha value is -3.37. The van der Waals surface area contributed by atoms with Crippen LogP contribution in [0.2, 0.25) is 0 Å². The first kappa shape index (κ1) is 25.7. The van der Waals surface area contributed by atoms with E-state index in [1.165, 1.54) is 16.8 Å². The Morgan fingerprint density at radius 1 is 0.972 bits per heavy atom. The fraction of sp³-hybridized carbons (Fsp3) is 0.222. The molecule has 0 radical (unpaired) electrons. The van der Waals surface area contributed by atoms with Gasteiger partial charge in [-0.2, -0.15) is 5.10 Å². The summed E-state index contributed by atoms with van der Waals surface area (Å²) in [5.41, 5.74) is 4.85. The summed E-state index contributed by atoms with van der Waals surface area (Å²) in [6.07, 6.45) is 0.504. The molecule has 0 unspecified atom stereocenters. The average molecular weight is 509 g/mol. The third-order valence-corrected chi connectivity index (χ3v) is 6.74. The van der Waals surface area contributed by atoms with Crippen LogP contribution in [0.4, 0.5) is 4.39 Å². The number of nitrogens with two attached hydrogens (primary N) is 1. The number of sulfonamides is 1. The van der Waals surface area contributed by atoms with Crippen LogP contribution >= 0.6 is 0 Å². The number of halogens is 1. The molecular weight excluding hydrogens is 479 g/mol. The molecule has 3 aromatic carbocycles. The molecular formula is C27H29FN4O3S. The van der Waals surface area contributed by atoms with Gasteiger partial charge in [-0.1, -0.05) is 60.2 Å². The van der Waals surface area contributed by atoms with Crippen molar-refractivity contribution < 1.29 is 17.9 Å². The Morgan fingerprint density at radius 2 is 1.72 bits per heavy atom. The summed E-state index contributed by atoms with van der Waals surface area (Å²) in [6.45, 7) is 3.52. The minimum absolute atomic E-state index is 0.00660. The van der Waals surface area contributed by atoms with Gasteiger partial charge in [-0.15, -0.1) is 0 Å². The first-order chi connectivity index (χ1) is 17.2. The summed E-state index contributed by atoms with van der Waals surface area (Å²) in [7, 11) is -4.03. The highest BCUT2D eigenvalue weighted by Crippen LogP contribution is 2.23. The van der Waals surface area contributed by atoms with Crippen LogP contribution < -0.4 is 5.14 Å². The highest BCUT2D eigenvalue weighted by atomic mass is 32.2. The van der Waals surface area contributed by atoms with E-state index in [1.54, 1.807) is 0 Å². The number of aryl methyl sites for hydroxylation is 1. The van der Waals surface area contributed by atoms with Gasteiger partial charge in [0.1, 0.15) is 11.5 Å². The van der Waals surface area contributed by atoms with E-state index in [4.69, 9.17) is 5.14 Å². The quantitative estimate of drug-likeness (QED) is 0.341. The predicted molar refractivity (Wildman–Crippen MR) is 137 cm³/mol. The van der Waals surface area contributed by atoms with Crippen LogP contribution in [0.3, 0.4) is 0 Å². The molecule has 0 spiro atoms. The molecule has 0 saturated carbocycles. The van der Waals surface area contributed by atoms with E-state index >= 15 is 4.39 Å². The number of aliphatic hydroxyl groups excluding tert-OH is 1. The van der Waals surface area contributed by atoms with Crippen LogP contribution in [0.1, 0.15) is 28.1 Å². The molecule has 3 N–H and O–H groups in total. The molecule has 0 aliphatic heterocycles. The van der Waals surface area contributed by atoms with E-state index in [0.29, 0.717) is 31.7 Å².